The third-order valence-electron chi connectivity index (χ3n) is 3.03. The highest BCUT2D eigenvalue weighted by Gasteiger charge is 2.47. The van der Waals surface area contributed by atoms with E-state index in [1.807, 2.05) is 30.5 Å². The maximum Gasteiger partial charge on any atom is 0.347 e. The average molecular weight is 370 g/mol. The van der Waals surface area contributed by atoms with Crippen molar-refractivity contribution in [2.45, 2.75) is 10.3 Å². The fourth-order valence-corrected chi connectivity index (χ4v) is 8.36. The topological polar surface area (TPSA) is 54.0 Å². The van der Waals surface area contributed by atoms with Crippen molar-refractivity contribution in [2.24, 2.45) is 0 Å². The predicted octanol–water partition coefficient (Wildman–Crippen LogP) is 4.50. The van der Waals surface area contributed by atoms with Crippen LogP contribution in [-0.2, 0) is 34.5 Å². The summed E-state index contributed by atoms with van der Waals surface area (Å²) in [5.74, 6) is 0. The van der Waals surface area contributed by atoms with Crippen LogP contribution in [0.15, 0.2) is 29.2 Å². The van der Waals surface area contributed by atoms with Crippen molar-refractivity contribution >= 4 is 37.7 Å². The predicted molar refractivity (Wildman–Crippen MR) is 90.9 cm³/mol. The molecule has 0 radical (unpaired) electrons. The van der Waals surface area contributed by atoms with Gasteiger partial charge in [-0.3, -0.25) is 4.57 Å². The highest BCUT2D eigenvalue weighted by molar-refractivity contribution is 8.12. The lowest BCUT2D eigenvalue weighted by atomic mass is 10.2. The molecule has 1 aromatic rings. The first-order chi connectivity index (χ1) is 9.90. The Morgan fingerprint density at radius 2 is 1.48 bits per heavy atom. The molecule has 0 saturated carbocycles. The minimum Gasteiger partial charge on any atom is -0.332 e. The Bertz CT molecular complexity index is 507. The second-order valence-electron chi connectivity index (χ2n) is 3.96. The van der Waals surface area contributed by atoms with E-state index in [0.717, 1.165) is 4.90 Å². The molecule has 21 heavy (non-hydrogen) atoms. The van der Waals surface area contributed by atoms with Crippen LogP contribution in [0.3, 0.4) is 0 Å². The Kier molecular flexibility index (Phi) is 7.58. The number of hydrogen-bond donors (Lipinski definition) is 0. The van der Waals surface area contributed by atoms with Crippen molar-refractivity contribution in [3.63, 3.8) is 0 Å². The number of benzene rings is 1. The molecule has 1 atom stereocenters. The smallest absolute Gasteiger partial charge is 0.332 e. The Balaban J connectivity index is 3.44. The van der Waals surface area contributed by atoms with Crippen LogP contribution in [0.5, 0.6) is 0 Å². The second-order valence-corrected chi connectivity index (χ2v) is 11.4. The van der Waals surface area contributed by atoms with E-state index in [1.165, 1.54) is 28.4 Å². The first kappa shape index (κ1) is 19.3. The summed E-state index contributed by atoms with van der Waals surface area (Å²) in [4.78, 5) is 1.09. The molecule has 1 unspecified atom stereocenters. The first-order valence-electron chi connectivity index (χ1n) is 5.97. The zero-order valence-corrected chi connectivity index (χ0v) is 16.1. The molecule has 0 aliphatic carbocycles. The van der Waals surface area contributed by atoms with Crippen LogP contribution in [0.1, 0.15) is 11.0 Å². The zero-order valence-electron chi connectivity index (χ0n) is 12.6. The molecule has 0 heterocycles. The number of thioether (sulfide) groups is 1. The lowest BCUT2D eigenvalue weighted by Gasteiger charge is -2.32. The fraction of sp³-hybridized carbons (Fsp3) is 0.500. The van der Waals surface area contributed by atoms with Crippen LogP contribution in [-0.4, -0.2) is 34.7 Å². The lowest BCUT2D eigenvalue weighted by molar-refractivity contribution is 0.265. The summed E-state index contributed by atoms with van der Waals surface area (Å²) in [5, 5.41) is -0.777. The van der Waals surface area contributed by atoms with Gasteiger partial charge < -0.3 is 18.1 Å². The van der Waals surface area contributed by atoms with Gasteiger partial charge in [0.15, 0.2) is 5.40 Å². The van der Waals surface area contributed by atoms with Crippen LogP contribution in [0, 0.1) is 0 Å². The van der Waals surface area contributed by atoms with Gasteiger partial charge in [0.25, 0.3) is 0 Å². The van der Waals surface area contributed by atoms with Crippen LogP contribution >= 0.6 is 25.8 Å². The molecule has 0 aliphatic rings. The Hall–Kier alpha value is 0.290. The molecule has 0 spiro atoms. The largest absolute Gasteiger partial charge is 0.347 e. The SMILES string of the molecule is COP(=O)(OC)C(c1ccc(SC)cc1)P(=S)(OC)OC. The molecule has 0 aliphatic heterocycles. The van der Waals surface area contributed by atoms with Crippen LogP contribution in [0.25, 0.3) is 0 Å². The molecule has 0 N–H and O–H groups in total. The summed E-state index contributed by atoms with van der Waals surface area (Å²) in [6.45, 7) is -2.88. The van der Waals surface area contributed by atoms with Crippen LogP contribution in [0.4, 0.5) is 0 Å². The van der Waals surface area contributed by atoms with Crippen LogP contribution < -0.4 is 0 Å². The van der Waals surface area contributed by atoms with E-state index in [1.54, 1.807) is 11.8 Å². The van der Waals surface area contributed by atoms with Crippen molar-refractivity contribution in [1.82, 2.24) is 0 Å². The van der Waals surface area contributed by atoms with Crippen molar-refractivity contribution in [3.05, 3.63) is 29.8 Å². The summed E-state index contributed by atoms with van der Waals surface area (Å²) in [6.07, 6.45) is 1.98. The van der Waals surface area contributed by atoms with Gasteiger partial charge in [0, 0.05) is 33.3 Å². The molecule has 0 bridgehead atoms. The van der Waals surface area contributed by atoms with Crippen molar-refractivity contribution in [2.75, 3.05) is 34.7 Å². The molecule has 1 rings (SSSR count). The molecule has 0 aromatic heterocycles. The Morgan fingerprint density at radius 3 is 1.81 bits per heavy atom. The molecule has 120 valence electrons. The van der Waals surface area contributed by atoms with Gasteiger partial charge in [0.2, 0.25) is 6.49 Å². The number of hydrogen-bond acceptors (Lipinski definition) is 7. The quantitative estimate of drug-likeness (QED) is 0.493. The van der Waals surface area contributed by atoms with E-state index in [-0.39, 0.29) is 0 Å². The monoisotopic (exact) mass is 370 g/mol. The van der Waals surface area contributed by atoms with Gasteiger partial charge in [-0.15, -0.1) is 11.8 Å². The molecule has 0 saturated heterocycles. The third-order valence-corrected chi connectivity index (χ3v) is 11.4. The maximum atomic E-state index is 12.9. The summed E-state index contributed by atoms with van der Waals surface area (Å²) in [7, 11) is 2.06. The molecule has 1 aromatic carbocycles. The van der Waals surface area contributed by atoms with Gasteiger partial charge >= 0.3 is 7.60 Å². The zero-order chi connectivity index (χ0) is 16.1. The number of rotatable bonds is 8. The molecular weight excluding hydrogens is 350 g/mol. The molecular formula is C12H20O5P2S2. The van der Waals surface area contributed by atoms with Gasteiger partial charge in [-0.1, -0.05) is 12.1 Å². The van der Waals surface area contributed by atoms with Gasteiger partial charge in [0.1, 0.15) is 0 Å². The van der Waals surface area contributed by atoms with Crippen molar-refractivity contribution < 1.29 is 22.7 Å². The summed E-state index contributed by atoms with van der Waals surface area (Å²) in [5.41, 5.74) is 0.715. The average Bonchev–Trinajstić information content (AvgIpc) is 2.55. The highest BCUT2D eigenvalue weighted by atomic mass is 32.5. The Morgan fingerprint density at radius 1 is 1.00 bits per heavy atom. The maximum absolute atomic E-state index is 12.9. The summed E-state index contributed by atoms with van der Waals surface area (Å²) in [6, 6.07) is 7.54. The van der Waals surface area contributed by atoms with E-state index in [2.05, 4.69) is 0 Å². The van der Waals surface area contributed by atoms with Gasteiger partial charge in [-0.25, -0.2) is 0 Å². The van der Waals surface area contributed by atoms with Gasteiger partial charge in [0.05, 0.1) is 0 Å². The highest BCUT2D eigenvalue weighted by Crippen LogP contribution is 2.77. The van der Waals surface area contributed by atoms with E-state index in [4.69, 9.17) is 29.9 Å². The van der Waals surface area contributed by atoms with Crippen molar-refractivity contribution in [1.29, 1.82) is 0 Å². The van der Waals surface area contributed by atoms with E-state index in [0.29, 0.717) is 5.56 Å². The minimum atomic E-state index is -3.50. The van der Waals surface area contributed by atoms with E-state index in [9.17, 15) is 4.57 Å². The first-order valence-corrected chi connectivity index (χ1v) is 11.5. The molecule has 9 heteroatoms. The lowest BCUT2D eigenvalue weighted by Crippen LogP contribution is -2.07. The molecule has 0 fully saturated rings. The molecule has 5 nitrogen and oxygen atoms in total. The van der Waals surface area contributed by atoms with Gasteiger partial charge in [-0.2, -0.15) is 0 Å². The van der Waals surface area contributed by atoms with Crippen molar-refractivity contribution in [3.8, 4) is 0 Å². The second kappa shape index (κ2) is 8.23. The standard InChI is InChI=1S/C12H20O5P2S2/c1-14-18(13,15-2)12(19(20,16-3)17-4)10-6-8-11(21-5)9-7-10/h6-9,12H,1-5H3. The van der Waals surface area contributed by atoms with Crippen LogP contribution in [0.2, 0.25) is 0 Å². The minimum absolute atomic E-state index is 0.715. The fourth-order valence-electron chi connectivity index (χ4n) is 1.86. The summed E-state index contributed by atoms with van der Waals surface area (Å²) < 4.78 is 34.0. The normalized spacial score (nSPS) is 14.1. The third kappa shape index (κ3) is 4.18. The van der Waals surface area contributed by atoms with E-state index < -0.39 is 19.5 Å². The van der Waals surface area contributed by atoms with Gasteiger partial charge in [-0.05, 0) is 35.8 Å². The Labute approximate surface area is 135 Å². The molecule has 0 amide bonds. The summed E-state index contributed by atoms with van der Waals surface area (Å²) >= 11 is 7.10. The van der Waals surface area contributed by atoms with E-state index >= 15 is 0 Å².